The maximum Gasteiger partial charge on any atom is 0.269 e. The Morgan fingerprint density at radius 3 is 2.52 bits per heavy atom. The summed E-state index contributed by atoms with van der Waals surface area (Å²) in [4.78, 5) is 10.3. The van der Waals surface area contributed by atoms with Gasteiger partial charge >= 0.3 is 0 Å². The molecule has 0 atom stereocenters. The summed E-state index contributed by atoms with van der Waals surface area (Å²) in [6.07, 6.45) is 1.70. The van der Waals surface area contributed by atoms with Gasteiger partial charge in [-0.2, -0.15) is 5.26 Å². The molecule has 0 spiro atoms. The summed E-state index contributed by atoms with van der Waals surface area (Å²) >= 11 is 12.1. The van der Waals surface area contributed by atoms with Gasteiger partial charge in [-0.15, -0.1) is 0 Å². The van der Waals surface area contributed by atoms with Crippen molar-refractivity contribution in [1.82, 2.24) is 0 Å². The molecule has 0 aromatic heterocycles. The molecule has 144 valence electrons. The average Bonchev–Trinajstić information content (AvgIpc) is 2.72. The maximum atomic E-state index is 10.8. The second kappa shape index (κ2) is 9.24. The lowest BCUT2D eigenvalue weighted by Gasteiger charge is -2.09. The van der Waals surface area contributed by atoms with E-state index in [0.29, 0.717) is 26.9 Å². The van der Waals surface area contributed by atoms with Gasteiger partial charge in [0.1, 0.15) is 12.4 Å². The zero-order valence-corrected chi connectivity index (χ0v) is 16.5. The molecular formula is C22H14Cl2N2O3. The van der Waals surface area contributed by atoms with E-state index in [1.54, 1.807) is 48.5 Å². The van der Waals surface area contributed by atoms with E-state index in [0.717, 1.165) is 11.1 Å². The van der Waals surface area contributed by atoms with Gasteiger partial charge in [-0.3, -0.25) is 10.1 Å². The first-order valence-electron chi connectivity index (χ1n) is 8.49. The van der Waals surface area contributed by atoms with Crippen molar-refractivity contribution in [2.24, 2.45) is 0 Å². The number of hydrogen-bond donors (Lipinski definition) is 0. The van der Waals surface area contributed by atoms with E-state index in [4.69, 9.17) is 27.9 Å². The first kappa shape index (κ1) is 20.4. The van der Waals surface area contributed by atoms with Crippen LogP contribution in [-0.2, 0) is 6.61 Å². The van der Waals surface area contributed by atoms with Gasteiger partial charge in [0.05, 0.1) is 16.6 Å². The highest BCUT2D eigenvalue weighted by atomic mass is 35.5. The van der Waals surface area contributed by atoms with Gasteiger partial charge in [-0.25, -0.2) is 0 Å². The molecule has 0 aliphatic heterocycles. The first-order valence-corrected chi connectivity index (χ1v) is 9.25. The Hall–Kier alpha value is -3.33. The summed E-state index contributed by atoms with van der Waals surface area (Å²) in [6.45, 7) is 0.274. The Kier molecular flexibility index (Phi) is 6.50. The molecular weight excluding hydrogens is 411 g/mol. The van der Waals surface area contributed by atoms with E-state index in [1.807, 2.05) is 12.1 Å². The van der Waals surface area contributed by atoms with E-state index in [9.17, 15) is 15.4 Å². The second-order valence-electron chi connectivity index (χ2n) is 6.07. The quantitative estimate of drug-likeness (QED) is 0.194. The van der Waals surface area contributed by atoms with Crippen LogP contribution < -0.4 is 4.74 Å². The lowest BCUT2D eigenvalue weighted by molar-refractivity contribution is -0.384. The molecule has 0 saturated heterocycles. The molecule has 0 bridgehead atoms. The molecule has 0 amide bonds. The largest absolute Gasteiger partial charge is 0.489 e. The monoisotopic (exact) mass is 424 g/mol. The number of hydrogen-bond acceptors (Lipinski definition) is 4. The molecule has 3 aromatic rings. The smallest absolute Gasteiger partial charge is 0.269 e. The van der Waals surface area contributed by atoms with Crippen molar-refractivity contribution in [3.63, 3.8) is 0 Å². The third kappa shape index (κ3) is 5.35. The third-order valence-electron chi connectivity index (χ3n) is 4.09. The molecule has 0 radical (unpaired) electrons. The Balaban J connectivity index is 1.78. The Bertz CT molecular complexity index is 1120. The highest BCUT2D eigenvalue weighted by molar-refractivity contribution is 6.35. The van der Waals surface area contributed by atoms with Gasteiger partial charge in [0.15, 0.2) is 0 Å². The highest BCUT2D eigenvalue weighted by Gasteiger charge is 2.08. The minimum absolute atomic E-state index is 0.0257. The normalized spacial score (nSPS) is 11.0. The molecule has 3 aromatic carbocycles. The number of nitrogens with zero attached hydrogens (tertiary/aromatic N) is 2. The molecule has 0 unspecified atom stereocenters. The third-order valence-corrected chi connectivity index (χ3v) is 4.68. The van der Waals surface area contributed by atoms with Crippen LogP contribution in [0, 0.1) is 21.4 Å². The molecule has 0 heterocycles. The fraction of sp³-hybridized carbons (Fsp3) is 0.0455. The Labute approximate surface area is 177 Å². The number of non-ortho nitro benzene ring substituents is 1. The number of rotatable bonds is 6. The fourth-order valence-corrected chi connectivity index (χ4v) is 3.07. The average molecular weight is 425 g/mol. The van der Waals surface area contributed by atoms with Crippen molar-refractivity contribution in [2.75, 3.05) is 0 Å². The van der Waals surface area contributed by atoms with Crippen LogP contribution in [0.2, 0.25) is 10.0 Å². The van der Waals surface area contributed by atoms with Crippen LogP contribution in [0.5, 0.6) is 5.75 Å². The number of nitriles is 1. The predicted molar refractivity (Wildman–Crippen MR) is 114 cm³/mol. The Morgan fingerprint density at radius 1 is 1.10 bits per heavy atom. The minimum Gasteiger partial charge on any atom is -0.489 e. The molecule has 0 N–H and O–H groups in total. The van der Waals surface area contributed by atoms with Crippen LogP contribution in [-0.4, -0.2) is 4.92 Å². The summed E-state index contributed by atoms with van der Waals surface area (Å²) in [5.74, 6) is 0.616. The van der Waals surface area contributed by atoms with Crippen molar-refractivity contribution < 1.29 is 9.66 Å². The second-order valence-corrected chi connectivity index (χ2v) is 6.91. The summed E-state index contributed by atoms with van der Waals surface area (Å²) in [6, 6.07) is 20.4. The first-order chi connectivity index (χ1) is 14.0. The van der Waals surface area contributed by atoms with Crippen LogP contribution >= 0.6 is 23.2 Å². The Morgan fingerprint density at radius 2 is 1.86 bits per heavy atom. The predicted octanol–water partition coefficient (Wildman–Crippen LogP) is 6.54. The summed E-state index contributed by atoms with van der Waals surface area (Å²) in [7, 11) is 0. The van der Waals surface area contributed by atoms with Crippen molar-refractivity contribution in [2.45, 2.75) is 6.61 Å². The number of nitro groups is 1. The maximum absolute atomic E-state index is 10.8. The van der Waals surface area contributed by atoms with E-state index in [1.165, 1.54) is 12.1 Å². The lowest BCUT2D eigenvalue weighted by Crippen LogP contribution is -1.96. The summed E-state index contributed by atoms with van der Waals surface area (Å²) in [5, 5.41) is 21.3. The number of ether oxygens (including phenoxy) is 1. The number of benzene rings is 3. The molecule has 3 rings (SSSR count). The number of allylic oxidation sites excluding steroid dienone is 1. The minimum atomic E-state index is -0.479. The molecule has 0 saturated carbocycles. The van der Waals surface area contributed by atoms with Gasteiger partial charge in [0.2, 0.25) is 0 Å². The van der Waals surface area contributed by atoms with Crippen LogP contribution in [0.3, 0.4) is 0 Å². The van der Waals surface area contributed by atoms with Crippen LogP contribution in [0.25, 0.3) is 11.6 Å². The van der Waals surface area contributed by atoms with E-state index < -0.39 is 4.92 Å². The van der Waals surface area contributed by atoms with E-state index >= 15 is 0 Å². The topological polar surface area (TPSA) is 76.2 Å². The van der Waals surface area contributed by atoms with Crippen molar-refractivity contribution in [1.29, 1.82) is 5.26 Å². The van der Waals surface area contributed by atoms with Gasteiger partial charge in [-0.05, 0) is 53.6 Å². The summed E-state index contributed by atoms with van der Waals surface area (Å²) < 4.78 is 5.80. The number of halogens is 2. The van der Waals surface area contributed by atoms with Gasteiger partial charge < -0.3 is 4.74 Å². The molecule has 29 heavy (non-hydrogen) atoms. The molecule has 5 nitrogen and oxygen atoms in total. The van der Waals surface area contributed by atoms with Crippen LogP contribution in [0.15, 0.2) is 66.7 Å². The van der Waals surface area contributed by atoms with Gasteiger partial charge in [0.25, 0.3) is 5.69 Å². The SMILES string of the molecule is N#CC(=Cc1cccc(OCc2ccc(Cl)cc2Cl)c1)c1ccc([N+](=O)[O-])cc1. The van der Waals surface area contributed by atoms with E-state index in [2.05, 4.69) is 6.07 Å². The molecule has 0 aliphatic carbocycles. The molecule has 7 heteroatoms. The van der Waals surface area contributed by atoms with Gasteiger partial charge in [-0.1, -0.05) is 41.4 Å². The molecule has 0 fully saturated rings. The van der Waals surface area contributed by atoms with Gasteiger partial charge in [0, 0.05) is 27.7 Å². The summed E-state index contributed by atoms with van der Waals surface area (Å²) in [5.41, 5.74) is 2.53. The zero-order valence-electron chi connectivity index (χ0n) is 15.0. The lowest BCUT2D eigenvalue weighted by atomic mass is 10.0. The van der Waals surface area contributed by atoms with E-state index in [-0.39, 0.29) is 12.3 Å². The number of nitro benzene ring substituents is 1. The molecule has 0 aliphatic rings. The van der Waals surface area contributed by atoms with Crippen molar-refractivity contribution in [3.05, 3.63) is 104 Å². The van der Waals surface area contributed by atoms with Crippen LogP contribution in [0.1, 0.15) is 16.7 Å². The fourth-order valence-electron chi connectivity index (χ4n) is 2.60. The highest BCUT2D eigenvalue weighted by Crippen LogP contribution is 2.25. The van der Waals surface area contributed by atoms with Crippen molar-refractivity contribution >= 4 is 40.5 Å². The van der Waals surface area contributed by atoms with Crippen LogP contribution in [0.4, 0.5) is 5.69 Å². The van der Waals surface area contributed by atoms with Crippen molar-refractivity contribution in [3.8, 4) is 11.8 Å². The standard InChI is InChI=1S/C22H14Cl2N2O3/c23-19-7-4-17(22(24)12-19)14-29-21-3-1-2-15(11-21)10-18(13-25)16-5-8-20(9-6-16)26(27)28/h1-12H,14H2. The zero-order chi connectivity index (χ0) is 20.8.